The summed E-state index contributed by atoms with van der Waals surface area (Å²) in [5.41, 5.74) is 6.22. The van der Waals surface area contributed by atoms with Crippen LogP contribution in [-0.4, -0.2) is 16.7 Å². The van der Waals surface area contributed by atoms with Crippen LogP contribution in [0.2, 0.25) is 5.02 Å². The molecule has 4 rings (SSSR count). The molecular weight excluding hydrogens is 370 g/mol. The van der Waals surface area contributed by atoms with Crippen molar-refractivity contribution in [2.75, 3.05) is 0 Å². The second-order valence-corrected chi connectivity index (χ2v) is 6.80. The predicted octanol–water partition coefficient (Wildman–Crippen LogP) is 5.11. The summed E-state index contributed by atoms with van der Waals surface area (Å²) >= 11 is 6.06. The smallest absolute Gasteiger partial charge is 0.272 e. The van der Waals surface area contributed by atoms with Crippen molar-refractivity contribution in [2.24, 2.45) is 5.10 Å². The van der Waals surface area contributed by atoms with Crippen molar-refractivity contribution in [3.63, 3.8) is 0 Å². The first-order chi connectivity index (χ1) is 13.7. The highest BCUT2D eigenvalue weighted by atomic mass is 35.5. The number of nitrogens with zero attached hydrogens (tertiary/aromatic N) is 2. The molecule has 0 saturated heterocycles. The number of fused-ring (bicyclic) bond motifs is 1. The monoisotopic (exact) mass is 387 g/mol. The van der Waals surface area contributed by atoms with Crippen molar-refractivity contribution < 1.29 is 4.79 Å². The van der Waals surface area contributed by atoms with Crippen LogP contribution in [0.4, 0.5) is 0 Å². The fourth-order valence-corrected chi connectivity index (χ4v) is 3.38. The third kappa shape index (κ3) is 3.82. The lowest BCUT2D eigenvalue weighted by Gasteiger charge is -2.05. The molecule has 28 heavy (non-hydrogen) atoms. The highest BCUT2D eigenvalue weighted by Gasteiger charge is 2.09. The highest BCUT2D eigenvalue weighted by Crippen LogP contribution is 2.21. The summed E-state index contributed by atoms with van der Waals surface area (Å²) in [6.07, 6.45) is 3.71. The zero-order valence-electron chi connectivity index (χ0n) is 15.0. The molecule has 4 nitrogen and oxygen atoms in total. The van der Waals surface area contributed by atoms with Gasteiger partial charge in [0.05, 0.1) is 16.8 Å². The normalized spacial score (nSPS) is 11.2. The van der Waals surface area contributed by atoms with Gasteiger partial charge < -0.3 is 4.57 Å². The Bertz CT molecular complexity index is 1150. The number of carbonyl (C=O) groups excluding carboxylic acids is 1. The lowest BCUT2D eigenvalue weighted by atomic mass is 10.2. The van der Waals surface area contributed by atoms with E-state index in [9.17, 15) is 4.79 Å². The third-order valence-corrected chi connectivity index (χ3v) is 4.83. The first-order valence-electron chi connectivity index (χ1n) is 8.92. The summed E-state index contributed by atoms with van der Waals surface area (Å²) < 4.78 is 2.18. The molecule has 0 aliphatic carbocycles. The van der Waals surface area contributed by atoms with Crippen molar-refractivity contribution >= 4 is 34.6 Å². The van der Waals surface area contributed by atoms with Crippen molar-refractivity contribution in [3.05, 3.63) is 107 Å². The number of rotatable bonds is 5. The Labute approximate surface area is 168 Å². The molecule has 1 amide bonds. The second kappa shape index (κ2) is 8.11. The van der Waals surface area contributed by atoms with Gasteiger partial charge in [0.1, 0.15) is 0 Å². The molecule has 1 heterocycles. The molecular formula is C23H18ClN3O. The summed E-state index contributed by atoms with van der Waals surface area (Å²) in [6, 6.07) is 25.3. The van der Waals surface area contributed by atoms with Gasteiger partial charge in [-0.3, -0.25) is 4.79 Å². The van der Waals surface area contributed by atoms with Crippen molar-refractivity contribution in [1.82, 2.24) is 9.99 Å². The summed E-state index contributed by atoms with van der Waals surface area (Å²) in [5.74, 6) is -0.338. The Morgan fingerprint density at radius 2 is 1.68 bits per heavy atom. The highest BCUT2D eigenvalue weighted by molar-refractivity contribution is 6.33. The number of aromatic nitrogens is 1. The number of halogens is 1. The van der Waals surface area contributed by atoms with E-state index in [1.54, 1.807) is 30.5 Å². The first-order valence-corrected chi connectivity index (χ1v) is 9.30. The van der Waals surface area contributed by atoms with E-state index in [-0.39, 0.29) is 5.91 Å². The maximum Gasteiger partial charge on any atom is 0.272 e. The predicted molar refractivity (Wildman–Crippen MR) is 114 cm³/mol. The minimum Gasteiger partial charge on any atom is -0.342 e. The number of hydrogen-bond acceptors (Lipinski definition) is 2. The van der Waals surface area contributed by atoms with E-state index in [0.717, 1.165) is 23.0 Å². The number of hydrazone groups is 1. The number of benzene rings is 3. The zero-order valence-corrected chi connectivity index (χ0v) is 15.8. The fraction of sp³-hybridized carbons (Fsp3) is 0.0435. The average molecular weight is 388 g/mol. The number of amides is 1. The molecule has 5 heteroatoms. The van der Waals surface area contributed by atoms with E-state index in [1.807, 2.05) is 42.6 Å². The van der Waals surface area contributed by atoms with Gasteiger partial charge in [-0.25, -0.2) is 5.43 Å². The van der Waals surface area contributed by atoms with Crippen LogP contribution in [0, 0.1) is 0 Å². The molecule has 0 unspecified atom stereocenters. The Morgan fingerprint density at radius 3 is 2.50 bits per heavy atom. The zero-order chi connectivity index (χ0) is 19.3. The SMILES string of the molecule is O=C(N/N=C/c1cn(Cc2ccccc2)c2ccccc12)c1ccccc1Cl. The van der Waals surface area contributed by atoms with Crippen LogP contribution in [0.3, 0.4) is 0 Å². The van der Waals surface area contributed by atoms with Gasteiger partial charge in [-0.15, -0.1) is 0 Å². The van der Waals surface area contributed by atoms with Gasteiger partial charge in [-0.1, -0.05) is 72.3 Å². The van der Waals surface area contributed by atoms with E-state index in [1.165, 1.54) is 5.56 Å². The molecule has 0 fully saturated rings. The largest absolute Gasteiger partial charge is 0.342 e. The average Bonchev–Trinajstić information content (AvgIpc) is 3.07. The van der Waals surface area contributed by atoms with Gasteiger partial charge in [-0.05, 0) is 23.8 Å². The molecule has 0 radical (unpaired) electrons. The fourth-order valence-electron chi connectivity index (χ4n) is 3.16. The van der Waals surface area contributed by atoms with Gasteiger partial charge in [0.25, 0.3) is 5.91 Å². The molecule has 0 spiro atoms. The van der Waals surface area contributed by atoms with Crippen molar-refractivity contribution in [1.29, 1.82) is 0 Å². The molecule has 3 aromatic carbocycles. The lowest BCUT2D eigenvalue weighted by molar-refractivity contribution is 0.0955. The molecule has 138 valence electrons. The van der Waals surface area contributed by atoms with Crippen LogP contribution in [0.5, 0.6) is 0 Å². The van der Waals surface area contributed by atoms with E-state index in [0.29, 0.717) is 10.6 Å². The van der Waals surface area contributed by atoms with Crippen LogP contribution in [-0.2, 0) is 6.54 Å². The minimum atomic E-state index is -0.338. The van der Waals surface area contributed by atoms with Crippen LogP contribution in [0.1, 0.15) is 21.5 Å². The standard InChI is InChI=1S/C23H18ClN3O/c24-21-12-6-4-11-20(21)23(28)26-25-14-18-16-27(15-17-8-2-1-3-9-17)22-13-7-5-10-19(18)22/h1-14,16H,15H2,(H,26,28)/b25-14+. The van der Waals surface area contributed by atoms with Gasteiger partial charge in [0, 0.05) is 29.2 Å². The Balaban J connectivity index is 1.58. The molecule has 1 aromatic heterocycles. The first kappa shape index (κ1) is 18.0. The molecule has 0 aliphatic heterocycles. The molecule has 1 N–H and O–H groups in total. The summed E-state index contributed by atoms with van der Waals surface area (Å²) in [4.78, 5) is 12.3. The van der Waals surface area contributed by atoms with Crippen LogP contribution in [0.25, 0.3) is 10.9 Å². The maximum atomic E-state index is 12.3. The van der Waals surface area contributed by atoms with Crippen molar-refractivity contribution in [2.45, 2.75) is 6.54 Å². The number of para-hydroxylation sites is 1. The Hall–Kier alpha value is -3.37. The molecule has 4 aromatic rings. The summed E-state index contributed by atoms with van der Waals surface area (Å²) in [7, 11) is 0. The Kier molecular flexibility index (Phi) is 5.22. The summed E-state index contributed by atoms with van der Waals surface area (Å²) in [5, 5.41) is 5.61. The molecule has 0 bridgehead atoms. The third-order valence-electron chi connectivity index (χ3n) is 4.50. The topological polar surface area (TPSA) is 46.4 Å². The van der Waals surface area contributed by atoms with Gasteiger partial charge in [0.15, 0.2) is 0 Å². The quantitative estimate of drug-likeness (QED) is 0.375. The second-order valence-electron chi connectivity index (χ2n) is 6.39. The van der Waals surface area contributed by atoms with Crippen molar-refractivity contribution in [3.8, 4) is 0 Å². The molecule has 0 aliphatic rings. The molecule has 0 saturated carbocycles. The summed E-state index contributed by atoms with van der Waals surface area (Å²) in [6.45, 7) is 0.765. The molecule has 0 atom stereocenters. The lowest BCUT2D eigenvalue weighted by Crippen LogP contribution is -2.17. The Morgan fingerprint density at radius 1 is 0.964 bits per heavy atom. The van der Waals surface area contributed by atoms with Crippen LogP contribution in [0.15, 0.2) is 90.2 Å². The number of carbonyl (C=O) groups is 1. The van der Waals surface area contributed by atoms with Crippen LogP contribution >= 0.6 is 11.6 Å². The van der Waals surface area contributed by atoms with E-state index in [4.69, 9.17) is 11.6 Å². The van der Waals surface area contributed by atoms with E-state index >= 15 is 0 Å². The minimum absolute atomic E-state index is 0.338. The van der Waals surface area contributed by atoms with Gasteiger partial charge >= 0.3 is 0 Å². The van der Waals surface area contributed by atoms with Gasteiger partial charge in [-0.2, -0.15) is 5.10 Å². The van der Waals surface area contributed by atoms with Gasteiger partial charge in [0.2, 0.25) is 0 Å². The van der Waals surface area contributed by atoms with E-state index < -0.39 is 0 Å². The number of hydrogen-bond donors (Lipinski definition) is 1. The van der Waals surface area contributed by atoms with Crippen LogP contribution < -0.4 is 5.43 Å². The maximum absolute atomic E-state index is 12.3. The number of nitrogens with one attached hydrogen (secondary N) is 1. The van der Waals surface area contributed by atoms with E-state index in [2.05, 4.69) is 33.3 Å².